The fraction of sp³-hybridized carbons (Fsp3) is 0.429. The van der Waals surface area contributed by atoms with Gasteiger partial charge in [-0.1, -0.05) is 24.3 Å². The summed E-state index contributed by atoms with van der Waals surface area (Å²) in [5, 5.41) is 6.51. The van der Waals surface area contributed by atoms with E-state index in [2.05, 4.69) is 20.6 Å². The van der Waals surface area contributed by atoms with Crippen LogP contribution in [0.4, 0.5) is 13.2 Å². The zero-order valence-corrected chi connectivity index (χ0v) is 19.8. The Balaban J connectivity index is 0.00000341. The monoisotopic (exact) mass is 550 g/mol. The van der Waals surface area contributed by atoms with E-state index in [1.54, 1.807) is 19.2 Å². The predicted octanol–water partition coefficient (Wildman–Crippen LogP) is 4.61. The van der Waals surface area contributed by atoms with Crippen molar-refractivity contribution in [3.05, 3.63) is 53.7 Å². The number of benzene rings is 1. The highest BCUT2D eigenvalue weighted by molar-refractivity contribution is 14.0. The van der Waals surface area contributed by atoms with Gasteiger partial charge < -0.3 is 20.1 Å². The van der Waals surface area contributed by atoms with Gasteiger partial charge in [-0.15, -0.1) is 24.0 Å². The molecule has 2 aromatic rings. The molecule has 0 fully saturated rings. The smallest absolute Gasteiger partial charge is 0.422 e. The van der Waals surface area contributed by atoms with Crippen LogP contribution in [-0.2, 0) is 6.54 Å². The quantitative estimate of drug-likeness (QED) is 0.324. The van der Waals surface area contributed by atoms with Gasteiger partial charge in [0.25, 0.3) is 0 Å². The molecule has 1 aliphatic rings. The summed E-state index contributed by atoms with van der Waals surface area (Å²) in [5.41, 5.74) is 1.17. The van der Waals surface area contributed by atoms with Gasteiger partial charge in [-0.25, -0.2) is 4.98 Å². The molecular formula is C21H26F3IN4O2. The van der Waals surface area contributed by atoms with Crippen LogP contribution in [0.25, 0.3) is 0 Å². The molecule has 1 atom stereocenters. The normalized spacial score (nSPS) is 17.6. The number of pyridine rings is 1. The van der Waals surface area contributed by atoms with E-state index in [0.717, 1.165) is 17.7 Å². The Morgan fingerprint density at radius 2 is 2.00 bits per heavy atom. The number of aromatic nitrogens is 1. The van der Waals surface area contributed by atoms with Crippen LogP contribution in [0.5, 0.6) is 11.6 Å². The summed E-state index contributed by atoms with van der Waals surface area (Å²) in [6.45, 7) is 2.86. The molecule has 10 heteroatoms. The highest BCUT2D eigenvalue weighted by Crippen LogP contribution is 2.39. The van der Waals surface area contributed by atoms with Gasteiger partial charge in [0.2, 0.25) is 5.88 Å². The van der Waals surface area contributed by atoms with Crippen molar-refractivity contribution in [2.75, 3.05) is 13.7 Å². The van der Waals surface area contributed by atoms with Crippen molar-refractivity contribution >= 4 is 29.9 Å². The van der Waals surface area contributed by atoms with Crippen molar-refractivity contribution in [2.24, 2.45) is 4.99 Å². The van der Waals surface area contributed by atoms with Gasteiger partial charge in [0.1, 0.15) is 11.4 Å². The highest BCUT2D eigenvalue weighted by Gasteiger charge is 2.34. The first-order valence-corrected chi connectivity index (χ1v) is 9.55. The van der Waals surface area contributed by atoms with E-state index in [-0.39, 0.29) is 48.0 Å². The minimum absolute atomic E-state index is 0. The first-order valence-electron chi connectivity index (χ1n) is 9.55. The standard InChI is InChI=1S/C21H25F3N4O2.HI/c1-20(2)11-16(15-8-4-5-9-17(15)30-20)28-19(25-3)27-12-14-7-6-10-26-18(14)29-13-21(22,23)24;/h4-10,16H,11-13H2,1-3H3,(H2,25,27,28);1H. The minimum atomic E-state index is -4.43. The van der Waals surface area contributed by atoms with Gasteiger partial charge in [-0.2, -0.15) is 13.2 Å². The second-order valence-electron chi connectivity index (χ2n) is 7.60. The molecule has 1 unspecified atom stereocenters. The first-order chi connectivity index (χ1) is 14.2. The third-order valence-electron chi connectivity index (χ3n) is 4.58. The average Bonchev–Trinajstić information content (AvgIpc) is 2.68. The average molecular weight is 550 g/mol. The molecule has 170 valence electrons. The lowest BCUT2D eigenvalue weighted by atomic mass is 9.90. The first kappa shape index (κ1) is 25.0. The van der Waals surface area contributed by atoms with E-state index in [9.17, 15) is 13.2 Å². The zero-order chi connectivity index (χ0) is 21.8. The molecule has 0 aliphatic carbocycles. The molecule has 31 heavy (non-hydrogen) atoms. The van der Waals surface area contributed by atoms with Gasteiger partial charge in [0.15, 0.2) is 12.6 Å². The van der Waals surface area contributed by atoms with Gasteiger partial charge >= 0.3 is 6.18 Å². The molecule has 0 radical (unpaired) electrons. The summed E-state index contributed by atoms with van der Waals surface area (Å²) in [6, 6.07) is 11.1. The predicted molar refractivity (Wildman–Crippen MR) is 123 cm³/mol. The summed E-state index contributed by atoms with van der Waals surface area (Å²) < 4.78 is 48.3. The second-order valence-corrected chi connectivity index (χ2v) is 7.60. The van der Waals surface area contributed by atoms with E-state index < -0.39 is 12.8 Å². The summed E-state index contributed by atoms with van der Waals surface area (Å²) in [7, 11) is 1.63. The van der Waals surface area contributed by atoms with E-state index in [1.807, 2.05) is 38.1 Å². The number of nitrogens with one attached hydrogen (secondary N) is 2. The number of aliphatic imine (C=N–C) groups is 1. The number of alkyl halides is 3. The lowest BCUT2D eigenvalue weighted by molar-refractivity contribution is -0.154. The number of ether oxygens (including phenoxy) is 2. The number of fused-ring (bicyclic) bond motifs is 1. The second kappa shape index (κ2) is 10.4. The Morgan fingerprint density at radius 1 is 1.26 bits per heavy atom. The van der Waals surface area contributed by atoms with Crippen LogP contribution >= 0.6 is 24.0 Å². The van der Waals surface area contributed by atoms with E-state index in [0.29, 0.717) is 11.5 Å². The molecular weight excluding hydrogens is 524 g/mol. The number of para-hydroxylation sites is 1. The number of hydrogen-bond acceptors (Lipinski definition) is 4. The Kier molecular flexibility index (Phi) is 8.38. The molecule has 2 N–H and O–H groups in total. The summed E-state index contributed by atoms with van der Waals surface area (Å²) in [4.78, 5) is 8.16. The van der Waals surface area contributed by atoms with Crippen LogP contribution in [-0.4, -0.2) is 36.4 Å². The number of halogens is 4. The maximum absolute atomic E-state index is 12.5. The molecule has 0 bridgehead atoms. The lowest BCUT2D eigenvalue weighted by Gasteiger charge is -2.38. The third-order valence-corrected chi connectivity index (χ3v) is 4.58. The van der Waals surface area contributed by atoms with Crippen LogP contribution < -0.4 is 20.1 Å². The van der Waals surface area contributed by atoms with Crippen molar-refractivity contribution in [1.82, 2.24) is 15.6 Å². The summed E-state index contributed by atoms with van der Waals surface area (Å²) in [5.74, 6) is 1.27. The van der Waals surface area contributed by atoms with Crippen molar-refractivity contribution in [1.29, 1.82) is 0 Å². The Morgan fingerprint density at radius 3 is 2.71 bits per heavy atom. The zero-order valence-electron chi connectivity index (χ0n) is 17.5. The van der Waals surface area contributed by atoms with Gasteiger partial charge in [0, 0.05) is 37.3 Å². The topological polar surface area (TPSA) is 67.8 Å². The molecule has 0 spiro atoms. The van der Waals surface area contributed by atoms with Crippen molar-refractivity contribution in [3.63, 3.8) is 0 Å². The molecule has 6 nitrogen and oxygen atoms in total. The van der Waals surface area contributed by atoms with Crippen LogP contribution in [0.3, 0.4) is 0 Å². The van der Waals surface area contributed by atoms with Crippen LogP contribution in [0, 0.1) is 0 Å². The van der Waals surface area contributed by atoms with Crippen LogP contribution in [0.1, 0.15) is 37.4 Å². The van der Waals surface area contributed by atoms with Gasteiger partial charge in [0.05, 0.1) is 6.04 Å². The molecule has 0 saturated carbocycles. The highest BCUT2D eigenvalue weighted by atomic mass is 127. The fourth-order valence-electron chi connectivity index (χ4n) is 3.31. The largest absolute Gasteiger partial charge is 0.487 e. The Hall–Kier alpha value is -2.24. The molecule has 2 heterocycles. The summed E-state index contributed by atoms with van der Waals surface area (Å²) >= 11 is 0. The van der Waals surface area contributed by atoms with Crippen molar-refractivity contribution in [3.8, 4) is 11.6 Å². The molecule has 1 aromatic carbocycles. The van der Waals surface area contributed by atoms with Gasteiger partial charge in [-0.05, 0) is 26.0 Å². The summed E-state index contributed by atoms with van der Waals surface area (Å²) in [6.07, 6.45) is -2.32. The number of guanidine groups is 1. The Bertz CT molecular complexity index is 906. The molecule has 3 rings (SSSR count). The van der Waals surface area contributed by atoms with Crippen molar-refractivity contribution in [2.45, 2.75) is 44.6 Å². The molecule has 0 amide bonds. The molecule has 0 saturated heterocycles. The van der Waals surface area contributed by atoms with Gasteiger partial charge in [-0.3, -0.25) is 4.99 Å². The Labute approximate surface area is 196 Å². The van der Waals surface area contributed by atoms with E-state index in [1.165, 1.54) is 6.20 Å². The number of nitrogens with zero attached hydrogens (tertiary/aromatic N) is 2. The van der Waals surface area contributed by atoms with Crippen LogP contribution in [0.15, 0.2) is 47.6 Å². The lowest BCUT2D eigenvalue weighted by Crippen LogP contribution is -2.45. The minimum Gasteiger partial charge on any atom is -0.487 e. The number of rotatable bonds is 5. The SMILES string of the molecule is CN=C(NCc1cccnc1OCC(F)(F)F)NC1CC(C)(C)Oc2ccccc21.I. The molecule has 1 aliphatic heterocycles. The number of hydrogen-bond donors (Lipinski definition) is 2. The van der Waals surface area contributed by atoms with E-state index in [4.69, 9.17) is 9.47 Å². The third kappa shape index (κ3) is 7.15. The van der Waals surface area contributed by atoms with Crippen molar-refractivity contribution < 1.29 is 22.6 Å². The van der Waals surface area contributed by atoms with E-state index >= 15 is 0 Å². The maximum Gasteiger partial charge on any atom is 0.422 e. The maximum atomic E-state index is 12.5. The molecule has 1 aromatic heterocycles. The van der Waals surface area contributed by atoms with Crippen LogP contribution in [0.2, 0.25) is 0 Å². The fourth-order valence-corrected chi connectivity index (χ4v) is 3.31.